The molecule has 0 bridgehead atoms. The molecule has 15 heavy (non-hydrogen) atoms. The first kappa shape index (κ1) is 11.0. The second kappa shape index (κ2) is 4.56. The van der Waals surface area contributed by atoms with E-state index in [1.807, 2.05) is 18.2 Å². The normalized spacial score (nSPS) is 21.3. The van der Waals surface area contributed by atoms with Crippen LogP contribution in [0.25, 0.3) is 5.57 Å². The van der Waals surface area contributed by atoms with Crippen LogP contribution in [-0.4, -0.2) is 6.04 Å². The SMILES string of the molecule is NC1CC=C(c2cc(Cl)ccc2Cl)CC1. The molecule has 0 fully saturated rings. The van der Waals surface area contributed by atoms with Crippen molar-refractivity contribution in [1.29, 1.82) is 0 Å². The van der Waals surface area contributed by atoms with Gasteiger partial charge in [-0.1, -0.05) is 29.3 Å². The van der Waals surface area contributed by atoms with Gasteiger partial charge in [-0.05, 0) is 48.6 Å². The lowest BCUT2D eigenvalue weighted by molar-refractivity contribution is 0.614. The maximum absolute atomic E-state index is 6.14. The van der Waals surface area contributed by atoms with Crippen LogP contribution in [0, 0.1) is 0 Å². The van der Waals surface area contributed by atoms with Gasteiger partial charge in [-0.2, -0.15) is 0 Å². The zero-order valence-electron chi connectivity index (χ0n) is 8.34. The summed E-state index contributed by atoms with van der Waals surface area (Å²) in [4.78, 5) is 0. The van der Waals surface area contributed by atoms with E-state index in [0.717, 1.165) is 34.9 Å². The van der Waals surface area contributed by atoms with Gasteiger partial charge in [-0.15, -0.1) is 0 Å². The number of allylic oxidation sites excluding steroid dienone is 1. The quantitative estimate of drug-likeness (QED) is 0.794. The predicted molar refractivity (Wildman–Crippen MR) is 66.3 cm³/mol. The molecule has 0 aliphatic heterocycles. The van der Waals surface area contributed by atoms with Crippen molar-refractivity contribution >= 4 is 28.8 Å². The number of halogens is 2. The number of benzene rings is 1. The fraction of sp³-hybridized carbons (Fsp3) is 0.333. The zero-order valence-corrected chi connectivity index (χ0v) is 9.85. The van der Waals surface area contributed by atoms with Crippen molar-refractivity contribution in [2.75, 3.05) is 0 Å². The van der Waals surface area contributed by atoms with Crippen molar-refractivity contribution in [3.8, 4) is 0 Å². The van der Waals surface area contributed by atoms with Crippen molar-refractivity contribution in [2.45, 2.75) is 25.3 Å². The minimum absolute atomic E-state index is 0.298. The van der Waals surface area contributed by atoms with Gasteiger partial charge in [0.1, 0.15) is 0 Å². The number of rotatable bonds is 1. The van der Waals surface area contributed by atoms with Crippen molar-refractivity contribution < 1.29 is 0 Å². The molecule has 1 atom stereocenters. The lowest BCUT2D eigenvalue weighted by atomic mass is 9.91. The molecule has 1 aliphatic rings. The second-order valence-corrected chi connectivity index (χ2v) is 4.73. The molecule has 80 valence electrons. The predicted octanol–water partition coefficient (Wildman–Crippen LogP) is 3.89. The molecular weight excluding hydrogens is 229 g/mol. The molecule has 1 aromatic carbocycles. The Kier molecular flexibility index (Phi) is 3.35. The first-order chi connectivity index (χ1) is 7.16. The molecule has 1 aromatic rings. The minimum Gasteiger partial charge on any atom is -0.327 e. The molecule has 0 heterocycles. The highest BCUT2D eigenvalue weighted by molar-refractivity contribution is 6.34. The first-order valence-electron chi connectivity index (χ1n) is 5.07. The van der Waals surface area contributed by atoms with Crippen LogP contribution >= 0.6 is 23.2 Å². The molecule has 0 aromatic heterocycles. The molecule has 2 rings (SSSR count). The number of nitrogens with two attached hydrogens (primary N) is 1. The van der Waals surface area contributed by atoms with E-state index in [1.54, 1.807) is 0 Å². The summed E-state index contributed by atoms with van der Waals surface area (Å²) in [5, 5.41) is 1.49. The number of hydrogen-bond acceptors (Lipinski definition) is 1. The topological polar surface area (TPSA) is 26.0 Å². The average molecular weight is 242 g/mol. The second-order valence-electron chi connectivity index (χ2n) is 3.89. The summed E-state index contributed by atoms with van der Waals surface area (Å²) >= 11 is 12.1. The maximum Gasteiger partial charge on any atom is 0.0482 e. The highest BCUT2D eigenvalue weighted by Crippen LogP contribution is 2.32. The third-order valence-electron chi connectivity index (χ3n) is 2.73. The maximum atomic E-state index is 6.14. The largest absolute Gasteiger partial charge is 0.327 e. The van der Waals surface area contributed by atoms with Crippen LogP contribution in [0.15, 0.2) is 24.3 Å². The summed E-state index contributed by atoms with van der Waals surface area (Å²) < 4.78 is 0. The van der Waals surface area contributed by atoms with Gasteiger partial charge in [0.15, 0.2) is 0 Å². The Morgan fingerprint density at radius 2 is 2.07 bits per heavy atom. The monoisotopic (exact) mass is 241 g/mol. The van der Waals surface area contributed by atoms with Crippen molar-refractivity contribution in [1.82, 2.24) is 0 Å². The fourth-order valence-electron chi connectivity index (χ4n) is 1.84. The first-order valence-corrected chi connectivity index (χ1v) is 5.82. The van der Waals surface area contributed by atoms with Gasteiger partial charge in [0.05, 0.1) is 0 Å². The molecule has 0 radical (unpaired) electrons. The fourth-order valence-corrected chi connectivity index (χ4v) is 2.25. The van der Waals surface area contributed by atoms with Crippen LogP contribution < -0.4 is 5.73 Å². The highest BCUT2D eigenvalue weighted by Gasteiger charge is 2.14. The molecule has 0 saturated carbocycles. The van der Waals surface area contributed by atoms with E-state index in [2.05, 4.69) is 6.08 Å². The van der Waals surface area contributed by atoms with Crippen LogP contribution in [-0.2, 0) is 0 Å². The van der Waals surface area contributed by atoms with E-state index < -0.39 is 0 Å². The Balaban J connectivity index is 2.33. The van der Waals surface area contributed by atoms with Gasteiger partial charge in [-0.25, -0.2) is 0 Å². The summed E-state index contributed by atoms with van der Waals surface area (Å²) in [5.41, 5.74) is 8.16. The van der Waals surface area contributed by atoms with Crippen molar-refractivity contribution in [3.05, 3.63) is 39.9 Å². The van der Waals surface area contributed by atoms with Gasteiger partial charge in [0, 0.05) is 16.1 Å². The smallest absolute Gasteiger partial charge is 0.0482 e. The van der Waals surface area contributed by atoms with E-state index in [1.165, 1.54) is 5.57 Å². The Morgan fingerprint density at radius 1 is 1.27 bits per heavy atom. The molecular formula is C12H13Cl2N. The highest BCUT2D eigenvalue weighted by atomic mass is 35.5. The van der Waals surface area contributed by atoms with Crippen LogP contribution in [0.1, 0.15) is 24.8 Å². The van der Waals surface area contributed by atoms with Crippen LogP contribution in [0.2, 0.25) is 10.0 Å². The summed E-state index contributed by atoms with van der Waals surface area (Å²) in [6.07, 6.45) is 5.11. The summed E-state index contributed by atoms with van der Waals surface area (Å²) in [6, 6.07) is 5.87. The third kappa shape index (κ3) is 2.54. The molecule has 0 spiro atoms. The Bertz CT molecular complexity index is 399. The van der Waals surface area contributed by atoms with E-state index in [-0.39, 0.29) is 0 Å². The summed E-state index contributed by atoms with van der Waals surface area (Å²) in [7, 11) is 0. The molecule has 0 amide bonds. The van der Waals surface area contributed by atoms with E-state index in [0.29, 0.717) is 6.04 Å². The van der Waals surface area contributed by atoms with E-state index >= 15 is 0 Å². The standard InChI is InChI=1S/C12H13Cl2N/c13-9-3-6-12(14)11(7-9)8-1-4-10(15)5-2-8/h1,3,6-7,10H,2,4-5,15H2. The lowest BCUT2D eigenvalue weighted by Gasteiger charge is -2.19. The molecule has 3 heteroatoms. The Morgan fingerprint density at radius 3 is 2.73 bits per heavy atom. The van der Waals surface area contributed by atoms with Gasteiger partial charge >= 0.3 is 0 Å². The third-order valence-corrected chi connectivity index (χ3v) is 3.29. The Hall–Kier alpha value is -0.500. The summed E-state index contributed by atoms with van der Waals surface area (Å²) in [6.45, 7) is 0. The van der Waals surface area contributed by atoms with Gasteiger partial charge < -0.3 is 5.73 Å². The number of hydrogen-bond donors (Lipinski definition) is 1. The zero-order chi connectivity index (χ0) is 10.8. The van der Waals surface area contributed by atoms with E-state index in [9.17, 15) is 0 Å². The Labute approximate surface area is 99.9 Å². The van der Waals surface area contributed by atoms with Crippen LogP contribution in [0.3, 0.4) is 0 Å². The van der Waals surface area contributed by atoms with E-state index in [4.69, 9.17) is 28.9 Å². The van der Waals surface area contributed by atoms with Crippen molar-refractivity contribution in [2.24, 2.45) is 5.73 Å². The molecule has 2 N–H and O–H groups in total. The van der Waals surface area contributed by atoms with Crippen molar-refractivity contribution in [3.63, 3.8) is 0 Å². The molecule has 0 saturated heterocycles. The van der Waals surface area contributed by atoms with Gasteiger partial charge in [-0.3, -0.25) is 0 Å². The molecule has 1 nitrogen and oxygen atoms in total. The van der Waals surface area contributed by atoms with Crippen LogP contribution in [0.5, 0.6) is 0 Å². The van der Waals surface area contributed by atoms with Crippen LogP contribution in [0.4, 0.5) is 0 Å². The molecule has 1 aliphatic carbocycles. The van der Waals surface area contributed by atoms with Gasteiger partial charge in [0.25, 0.3) is 0 Å². The lowest BCUT2D eigenvalue weighted by Crippen LogP contribution is -2.21. The summed E-state index contributed by atoms with van der Waals surface area (Å²) in [5.74, 6) is 0. The average Bonchev–Trinajstić information content (AvgIpc) is 2.23. The van der Waals surface area contributed by atoms with Gasteiger partial charge in [0.2, 0.25) is 0 Å². The molecule has 1 unspecified atom stereocenters. The minimum atomic E-state index is 0.298.